The van der Waals surface area contributed by atoms with Gasteiger partial charge in [0.15, 0.2) is 5.16 Å². The Morgan fingerprint density at radius 2 is 1.95 bits per heavy atom. The monoisotopic (exact) mass is 282 g/mol. The second kappa shape index (κ2) is 5.13. The van der Waals surface area contributed by atoms with Gasteiger partial charge in [0.25, 0.3) is 5.91 Å². The molecule has 0 amide bonds. The number of carbonyl (C=O) groups is 1. The Labute approximate surface area is 121 Å². The predicted molar refractivity (Wildman–Crippen MR) is 82.4 cm³/mol. The lowest BCUT2D eigenvalue weighted by atomic mass is 10.1. The van der Waals surface area contributed by atoms with Gasteiger partial charge in [0, 0.05) is 5.56 Å². The van der Waals surface area contributed by atoms with E-state index in [0.717, 1.165) is 21.8 Å². The van der Waals surface area contributed by atoms with Crippen LogP contribution in [0.1, 0.15) is 15.9 Å². The number of para-hydroxylation sites is 2. The molecule has 2 aromatic carbocycles. The van der Waals surface area contributed by atoms with Gasteiger partial charge < -0.3 is 0 Å². The minimum Gasteiger partial charge on any atom is -0.268 e. The van der Waals surface area contributed by atoms with Crippen molar-refractivity contribution in [3.8, 4) is 0 Å². The normalized spacial score (nSPS) is 10.9. The molecule has 3 aromatic rings. The van der Waals surface area contributed by atoms with E-state index in [1.54, 1.807) is 4.57 Å². The van der Waals surface area contributed by atoms with E-state index in [-0.39, 0.29) is 5.91 Å². The van der Waals surface area contributed by atoms with Crippen LogP contribution in [0.25, 0.3) is 11.0 Å². The van der Waals surface area contributed by atoms with Crippen molar-refractivity contribution < 1.29 is 4.79 Å². The maximum absolute atomic E-state index is 12.8. The van der Waals surface area contributed by atoms with E-state index in [4.69, 9.17) is 0 Å². The van der Waals surface area contributed by atoms with Gasteiger partial charge in [-0.3, -0.25) is 9.36 Å². The van der Waals surface area contributed by atoms with Gasteiger partial charge in [-0.15, -0.1) is 0 Å². The molecular weight excluding hydrogens is 268 g/mol. The highest BCUT2D eigenvalue weighted by Crippen LogP contribution is 2.23. The Bertz CT molecular complexity index is 792. The van der Waals surface area contributed by atoms with Crippen LogP contribution in [0.15, 0.2) is 53.7 Å². The average molecular weight is 282 g/mol. The van der Waals surface area contributed by atoms with Crippen LogP contribution in [-0.4, -0.2) is 21.7 Å². The van der Waals surface area contributed by atoms with Crippen LogP contribution < -0.4 is 0 Å². The summed E-state index contributed by atoms with van der Waals surface area (Å²) in [7, 11) is 0. The topological polar surface area (TPSA) is 34.9 Å². The highest BCUT2D eigenvalue weighted by atomic mass is 32.2. The van der Waals surface area contributed by atoms with Gasteiger partial charge in [0.2, 0.25) is 0 Å². The number of benzene rings is 2. The molecule has 0 aliphatic carbocycles. The molecule has 0 aliphatic rings. The highest BCUT2D eigenvalue weighted by molar-refractivity contribution is 7.98. The Hall–Kier alpha value is -2.07. The van der Waals surface area contributed by atoms with Gasteiger partial charge >= 0.3 is 0 Å². The smallest absolute Gasteiger partial charge is 0.264 e. The van der Waals surface area contributed by atoms with Crippen molar-refractivity contribution in [3.63, 3.8) is 0 Å². The van der Waals surface area contributed by atoms with Gasteiger partial charge in [0.1, 0.15) is 0 Å². The summed E-state index contributed by atoms with van der Waals surface area (Å²) >= 11 is 1.48. The molecule has 0 spiro atoms. The number of rotatable bonds is 2. The summed E-state index contributed by atoms with van der Waals surface area (Å²) in [6.45, 7) is 1.98. The molecule has 20 heavy (non-hydrogen) atoms. The highest BCUT2D eigenvalue weighted by Gasteiger charge is 2.17. The number of hydrogen-bond acceptors (Lipinski definition) is 3. The predicted octanol–water partition coefficient (Wildman–Crippen LogP) is 3.76. The van der Waals surface area contributed by atoms with Crippen molar-refractivity contribution in [2.75, 3.05) is 6.26 Å². The molecule has 0 atom stereocenters. The van der Waals surface area contributed by atoms with E-state index < -0.39 is 0 Å². The lowest BCUT2D eigenvalue weighted by Crippen LogP contribution is -2.13. The van der Waals surface area contributed by atoms with Gasteiger partial charge in [-0.2, -0.15) is 0 Å². The lowest BCUT2D eigenvalue weighted by Gasteiger charge is -2.07. The minimum atomic E-state index is -0.0354. The molecule has 0 unspecified atom stereocenters. The summed E-state index contributed by atoms with van der Waals surface area (Å²) in [4.78, 5) is 17.3. The first kappa shape index (κ1) is 12.9. The maximum Gasteiger partial charge on any atom is 0.264 e. The largest absolute Gasteiger partial charge is 0.268 e. The molecule has 0 saturated heterocycles. The van der Waals surface area contributed by atoms with Crippen LogP contribution in [0.2, 0.25) is 0 Å². The van der Waals surface area contributed by atoms with E-state index in [9.17, 15) is 4.79 Å². The first-order valence-corrected chi connectivity index (χ1v) is 7.56. The summed E-state index contributed by atoms with van der Waals surface area (Å²) < 4.78 is 1.69. The molecule has 0 N–H and O–H groups in total. The minimum absolute atomic E-state index is 0.0354. The van der Waals surface area contributed by atoms with Crippen LogP contribution in [0, 0.1) is 6.92 Å². The van der Waals surface area contributed by atoms with Crippen LogP contribution in [-0.2, 0) is 0 Å². The quantitative estimate of drug-likeness (QED) is 0.671. The van der Waals surface area contributed by atoms with Crippen LogP contribution >= 0.6 is 11.8 Å². The molecule has 0 fully saturated rings. The first-order valence-electron chi connectivity index (χ1n) is 6.33. The third kappa shape index (κ3) is 2.12. The SMILES string of the molecule is CSc1nc2ccccc2n1C(=O)c1cccc(C)c1. The zero-order valence-corrected chi connectivity index (χ0v) is 12.1. The number of hydrogen-bond donors (Lipinski definition) is 0. The summed E-state index contributed by atoms with van der Waals surface area (Å²) in [6, 6.07) is 15.3. The Balaban J connectivity index is 2.20. The molecule has 0 radical (unpaired) electrons. The Morgan fingerprint density at radius 3 is 2.70 bits per heavy atom. The lowest BCUT2D eigenvalue weighted by molar-refractivity contribution is 0.0955. The second-order valence-electron chi connectivity index (χ2n) is 4.60. The number of carbonyl (C=O) groups excluding carboxylic acids is 1. The maximum atomic E-state index is 12.8. The Morgan fingerprint density at radius 1 is 1.15 bits per heavy atom. The molecule has 0 aliphatic heterocycles. The van der Waals surface area contributed by atoms with Crippen molar-refractivity contribution in [1.82, 2.24) is 9.55 Å². The van der Waals surface area contributed by atoms with Crippen LogP contribution in [0.5, 0.6) is 0 Å². The number of fused-ring (bicyclic) bond motifs is 1. The Kier molecular flexibility index (Phi) is 3.32. The number of nitrogens with zero attached hydrogens (tertiary/aromatic N) is 2. The van der Waals surface area contributed by atoms with Gasteiger partial charge in [-0.05, 0) is 37.4 Å². The zero-order chi connectivity index (χ0) is 14.1. The molecule has 0 saturated carbocycles. The number of aryl methyl sites for hydroxylation is 1. The second-order valence-corrected chi connectivity index (χ2v) is 5.37. The molecule has 0 bridgehead atoms. The van der Waals surface area contributed by atoms with Crippen molar-refractivity contribution in [1.29, 1.82) is 0 Å². The summed E-state index contributed by atoms with van der Waals surface area (Å²) in [6.07, 6.45) is 1.93. The van der Waals surface area contributed by atoms with Crippen molar-refractivity contribution in [3.05, 3.63) is 59.7 Å². The zero-order valence-electron chi connectivity index (χ0n) is 11.3. The molecular formula is C16H14N2OS. The van der Waals surface area contributed by atoms with Gasteiger partial charge in [-0.1, -0.05) is 41.6 Å². The molecule has 4 heteroatoms. The molecule has 100 valence electrons. The summed E-state index contributed by atoms with van der Waals surface area (Å²) in [5, 5.41) is 0.720. The van der Waals surface area contributed by atoms with Crippen LogP contribution in [0.3, 0.4) is 0 Å². The number of imidazole rings is 1. The van der Waals surface area contributed by atoms with Crippen LogP contribution in [0.4, 0.5) is 0 Å². The van der Waals surface area contributed by atoms with Crippen molar-refractivity contribution in [2.24, 2.45) is 0 Å². The number of aromatic nitrogens is 2. The average Bonchev–Trinajstić information content (AvgIpc) is 2.85. The van der Waals surface area contributed by atoms with E-state index >= 15 is 0 Å². The van der Waals surface area contributed by atoms with E-state index in [1.165, 1.54) is 11.8 Å². The molecule has 1 aromatic heterocycles. The molecule has 3 nitrogen and oxygen atoms in total. The van der Waals surface area contributed by atoms with Gasteiger partial charge in [0.05, 0.1) is 11.0 Å². The first-order chi connectivity index (χ1) is 9.70. The fourth-order valence-corrected chi connectivity index (χ4v) is 2.80. The standard InChI is InChI=1S/C16H14N2OS/c1-11-6-5-7-12(10-11)15(19)18-14-9-4-3-8-13(14)17-16(18)20-2/h3-10H,1-2H3. The van der Waals surface area contributed by atoms with Crippen molar-refractivity contribution >= 4 is 28.7 Å². The molecule has 3 rings (SSSR count). The van der Waals surface area contributed by atoms with E-state index in [0.29, 0.717) is 5.56 Å². The third-order valence-electron chi connectivity index (χ3n) is 3.18. The summed E-state index contributed by atoms with van der Waals surface area (Å²) in [5.74, 6) is -0.0354. The van der Waals surface area contributed by atoms with Gasteiger partial charge in [-0.25, -0.2) is 4.98 Å². The fourth-order valence-electron chi connectivity index (χ4n) is 2.24. The third-order valence-corrected chi connectivity index (χ3v) is 3.82. The summed E-state index contributed by atoms with van der Waals surface area (Å²) in [5.41, 5.74) is 3.45. The molecule has 1 heterocycles. The van der Waals surface area contributed by atoms with Crippen molar-refractivity contribution in [2.45, 2.75) is 12.1 Å². The number of thioether (sulfide) groups is 1. The van der Waals surface area contributed by atoms with E-state index in [2.05, 4.69) is 4.98 Å². The van der Waals surface area contributed by atoms with E-state index in [1.807, 2.05) is 61.7 Å². The fraction of sp³-hybridized carbons (Fsp3) is 0.125.